The molecule has 184 valence electrons. The number of nitrogens with zero attached hydrogens (tertiary/aromatic N) is 1. The standard InChI is InChI=1S/C27H35NO6/c1-27(2,3)34-25(29)13-15-31-17-18-32-16-14-28(4)26(30)33-19-24-22-11-7-5-9-20(22)21-10-6-8-12-23(21)24/h5-12,24H,13-19H2,1-4H3. The van der Waals surface area contributed by atoms with E-state index in [9.17, 15) is 9.59 Å². The average molecular weight is 470 g/mol. The monoisotopic (exact) mass is 469 g/mol. The molecule has 0 aromatic heterocycles. The first-order valence-corrected chi connectivity index (χ1v) is 11.7. The largest absolute Gasteiger partial charge is 0.460 e. The van der Waals surface area contributed by atoms with E-state index in [-0.39, 0.29) is 31.0 Å². The molecule has 0 saturated heterocycles. The van der Waals surface area contributed by atoms with Gasteiger partial charge in [-0.15, -0.1) is 0 Å². The molecule has 3 rings (SSSR count). The van der Waals surface area contributed by atoms with Crippen LogP contribution in [0.15, 0.2) is 48.5 Å². The van der Waals surface area contributed by atoms with Crippen molar-refractivity contribution in [1.82, 2.24) is 4.90 Å². The number of amides is 1. The van der Waals surface area contributed by atoms with E-state index < -0.39 is 5.60 Å². The summed E-state index contributed by atoms with van der Waals surface area (Å²) in [6.07, 6.45) is -0.166. The van der Waals surface area contributed by atoms with E-state index in [1.165, 1.54) is 27.2 Å². The van der Waals surface area contributed by atoms with Crippen molar-refractivity contribution in [1.29, 1.82) is 0 Å². The fourth-order valence-electron chi connectivity index (χ4n) is 3.87. The number of ether oxygens (including phenoxy) is 4. The third-order valence-corrected chi connectivity index (χ3v) is 5.46. The third-order valence-electron chi connectivity index (χ3n) is 5.46. The van der Waals surface area contributed by atoms with Crippen molar-refractivity contribution in [3.63, 3.8) is 0 Å². The molecule has 1 aliphatic rings. The molecule has 7 heteroatoms. The molecule has 0 atom stereocenters. The minimum Gasteiger partial charge on any atom is -0.460 e. The Morgan fingerprint density at radius 3 is 2.00 bits per heavy atom. The summed E-state index contributed by atoms with van der Waals surface area (Å²) in [7, 11) is 1.69. The first-order chi connectivity index (χ1) is 16.3. The summed E-state index contributed by atoms with van der Waals surface area (Å²) in [4.78, 5) is 25.6. The Morgan fingerprint density at radius 2 is 1.41 bits per heavy atom. The number of hydrogen-bond donors (Lipinski definition) is 0. The molecule has 0 N–H and O–H groups in total. The molecule has 0 unspecified atom stereocenters. The topological polar surface area (TPSA) is 74.3 Å². The zero-order valence-corrected chi connectivity index (χ0v) is 20.5. The predicted molar refractivity (Wildman–Crippen MR) is 130 cm³/mol. The van der Waals surface area contributed by atoms with Crippen molar-refractivity contribution < 1.29 is 28.5 Å². The molecule has 1 amide bonds. The van der Waals surface area contributed by atoms with E-state index in [1.807, 2.05) is 45.0 Å². The lowest BCUT2D eigenvalue weighted by molar-refractivity contribution is -0.156. The molecular weight excluding hydrogens is 434 g/mol. The lowest BCUT2D eigenvalue weighted by atomic mass is 9.98. The van der Waals surface area contributed by atoms with Crippen LogP contribution in [0.25, 0.3) is 11.1 Å². The van der Waals surface area contributed by atoms with Crippen LogP contribution in [0.2, 0.25) is 0 Å². The van der Waals surface area contributed by atoms with Gasteiger partial charge in [-0.2, -0.15) is 0 Å². The quantitative estimate of drug-likeness (QED) is 0.353. The van der Waals surface area contributed by atoms with Crippen LogP contribution in [-0.4, -0.2) is 69.2 Å². The van der Waals surface area contributed by atoms with Gasteiger partial charge in [0.25, 0.3) is 0 Å². The van der Waals surface area contributed by atoms with Crippen LogP contribution in [0, 0.1) is 0 Å². The van der Waals surface area contributed by atoms with E-state index in [0.29, 0.717) is 33.0 Å². The summed E-state index contributed by atoms with van der Waals surface area (Å²) in [5, 5.41) is 0. The minimum absolute atomic E-state index is 0.0406. The normalized spacial score (nSPS) is 12.7. The van der Waals surface area contributed by atoms with Crippen LogP contribution in [0.5, 0.6) is 0 Å². The van der Waals surface area contributed by atoms with Gasteiger partial charge in [0.2, 0.25) is 0 Å². The lowest BCUT2D eigenvalue weighted by Gasteiger charge is -2.20. The molecule has 34 heavy (non-hydrogen) atoms. The van der Waals surface area contributed by atoms with E-state index in [2.05, 4.69) is 24.3 Å². The zero-order chi connectivity index (χ0) is 24.6. The molecular formula is C27H35NO6. The van der Waals surface area contributed by atoms with Gasteiger partial charge in [0.15, 0.2) is 0 Å². The smallest absolute Gasteiger partial charge is 0.409 e. The molecule has 0 saturated carbocycles. The molecule has 0 spiro atoms. The van der Waals surface area contributed by atoms with Crippen molar-refractivity contribution >= 4 is 12.1 Å². The number of carbonyl (C=O) groups excluding carboxylic acids is 2. The second-order valence-corrected chi connectivity index (χ2v) is 9.29. The molecule has 0 bridgehead atoms. The van der Waals surface area contributed by atoms with Gasteiger partial charge in [0, 0.05) is 19.5 Å². The number of esters is 1. The lowest BCUT2D eigenvalue weighted by Crippen LogP contribution is -2.32. The summed E-state index contributed by atoms with van der Waals surface area (Å²) in [5.74, 6) is -0.239. The SMILES string of the molecule is CN(CCOCCOCCC(=O)OC(C)(C)C)C(=O)OCC1c2ccccc2-c2ccccc21. The van der Waals surface area contributed by atoms with E-state index >= 15 is 0 Å². The van der Waals surface area contributed by atoms with Gasteiger partial charge in [-0.25, -0.2) is 4.79 Å². The minimum atomic E-state index is -0.487. The van der Waals surface area contributed by atoms with Gasteiger partial charge < -0.3 is 23.8 Å². The maximum Gasteiger partial charge on any atom is 0.409 e. The Bertz CT molecular complexity index is 922. The number of rotatable bonds is 11. The van der Waals surface area contributed by atoms with Crippen LogP contribution in [0.3, 0.4) is 0 Å². The summed E-state index contributed by atoms with van der Waals surface area (Å²) < 4.78 is 21.8. The highest BCUT2D eigenvalue weighted by molar-refractivity contribution is 5.79. The highest BCUT2D eigenvalue weighted by atomic mass is 16.6. The average Bonchev–Trinajstić information content (AvgIpc) is 3.11. The van der Waals surface area contributed by atoms with Crippen molar-refractivity contribution in [2.45, 2.75) is 38.7 Å². The van der Waals surface area contributed by atoms with Crippen molar-refractivity contribution in [2.24, 2.45) is 0 Å². The maximum atomic E-state index is 12.5. The van der Waals surface area contributed by atoms with Gasteiger partial charge in [-0.3, -0.25) is 4.79 Å². The van der Waals surface area contributed by atoms with E-state index in [4.69, 9.17) is 18.9 Å². The fourth-order valence-corrected chi connectivity index (χ4v) is 3.87. The van der Waals surface area contributed by atoms with Gasteiger partial charge in [-0.1, -0.05) is 48.5 Å². The summed E-state index contributed by atoms with van der Waals surface area (Å²) in [6.45, 7) is 7.62. The number of fused-ring (bicyclic) bond motifs is 3. The number of likely N-dealkylation sites (N-methyl/N-ethyl adjacent to an activating group) is 1. The molecule has 0 fully saturated rings. The Hall–Kier alpha value is -2.90. The van der Waals surface area contributed by atoms with Crippen molar-refractivity contribution in [2.75, 3.05) is 46.6 Å². The summed E-state index contributed by atoms with van der Waals surface area (Å²) in [6, 6.07) is 16.5. The highest BCUT2D eigenvalue weighted by Gasteiger charge is 2.29. The van der Waals surface area contributed by atoms with Crippen LogP contribution in [-0.2, 0) is 23.7 Å². The van der Waals surface area contributed by atoms with Crippen LogP contribution in [0.1, 0.15) is 44.2 Å². The Labute approximate surface area is 201 Å². The van der Waals surface area contributed by atoms with Crippen LogP contribution in [0.4, 0.5) is 4.79 Å². The Kier molecular flexibility index (Phi) is 9.07. The predicted octanol–water partition coefficient (Wildman–Crippen LogP) is 4.63. The van der Waals surface area contributed by atoms with Crippen molar-refractivity contribution in [3.05, 3.63) is 59.7 Å². The number of benzene rings is 2. The van der Waals surface area contributed by atoms with Gasteiger partial charge in [-0.05, 0) is 43.0 Å². The molecule has 0 heterocycles. The van der Waals surface area contributed by atoms with Crippen molar-refractivity contribution in [3.8, 4) is 11.1 Å². The molecule has 2 aromatic carbocycles. The molecule has 0 radical (unpaired) electrons. The third kappa shape index (κ3) is 7.30. The number of carbonyl (C=O) groups is 2. The molecule has 7 nitrogen and oxygen atoms in total. The second kappa shape index (κ2) is 12.0. The van der Waals surface area contributed by atoms with E-state index in [0.717, 1.165) is 0 Å². The Balaban J connectivity index is 1.31. The highest BCUT2D eigenvalue weighted by Crippen LogP contribution is 2.44. The molecule has 2 aromatic rings. The van der Waals surface area contributed by atoms with Crippen LogP contribution < -0.4 is 0 Å². The summed E-state index contributed by atoms with van der Waals surface area (Å²) >= 11 is 0. The molecule has 1 aliphatic carbocycles. The number of hydrogen-bond acceptors (Lipinski definition) is 6. The van der Waals surface area contributed by atoms with Gasteiger partial charge >= 0.3 is 12.1 Å². The Morgan fingerprint density at radius 1 is 0.853 bits per heavy atom. The van der Waals surface area contributed by atoms with E-state index in [1.54, 1.807) is 7.05 Å². The van der Waals surface area contributed by atoms with Gasteiger partial charge in [0.1, 0.15) is 12.2 Å². The first-order valence-electron chi connectivity index (χ1n) is 11.7. The zero-order valence-electron chi connectivity index (χ0n) is 20.5. The fraction of sp³-hybridized carbons (Fsp3) is 0.481. The summed E-state index contributed by atoms with van der Waals surface area (Å²) in [5.41, 5.74) is 4.30. The maximum absolute atomic E-state index is 12.5. The second-order valence-electron chi connectivity index (χ2n) is 9.29. The van der Waals surface area contributed by atoms with Crippen LogP contribution >= 0.6 is 0 Å². The molecule has 0 aliphatic heterocycles. The van der Waals surface area contributed by atoms with Gasteiger partial charge in [0.05, 0.1) is 32.8 Å². The first kappa shape index (κ1) is 25.7.